The molecule has 3 nitrogen and oxygen atoms in total. The van der Waals surface area contributed by atoms with Crippen molar-refractivity contribution in [1.29, 1.82) is 0 Å². The van der Waals surface area contributed by atoms with Gasteiger partial charge in [-0.1, -0.05) is 17.4 Å². The molecular weight excluding hydrogens is 242 g/mol. The third-order valence-electron chi connectivity index (χ3n) is 3.17. The number of likely N-dealkylation sites (N-methyl/N-ethyl adjacent to an activating group) is 1. The lowest BCUT2D eigenvalue weighted by atomic mass is 10.2. The number of anilines is 1. The summed E-state index contributed by atoms with van der Waals surface area (Å²) < 4.78 is 1.25. The van der Waals surface area contributed by atoms with Gasteiger partial charge in [0.05, 0.1) is 10.2 Å². The quantitative estimate of drug-likeness (QED) is 0.896. The summed E-state index contributed by atoms with van der Waals surface area (Å²) in [5.41, 5.74) is 2.36. The van der Waals surface area contributed by atoms with Gasteiger partial charge in [-0.2, -0.15) is 0 Å². The van der Waals surface area contributed by atoms with Gasteiger partial charge in [0.1, 0.15) is 0 Å². The average molecular weight is 263 g/mol. The van der Waals surface area contributed by atoms with E-state index in [2.05, 4.69) is 61.2 Å². The van der Waals surface area contributed by atoms with E-state index in [1.807, 2.05) is 0 Å². The van der Waals surface area contributed by atoms with Gasteiger partial charge in [-0.25, -0.2) is 4.98 Å². The lowest BCUT2D eigenvalue weighted by Crippen LogP contribution is -2.31. The second-order valence-electron chi connectivity index (χ2n) is 4.99. The monoisotopic (exact) mass is 263 g/mol. The van der Waals surface area contributed by atoms with Crippen LogP contribution in [-0.2, 0) is 0 Å². The molecule has 0 atom stereocenters. The fourth-order valence-electron chi connectivity index (χ4n) is 1.71. The normalized spacial score (nSPS) is 11.7. The minimum Gasteiger partial charge on any atom is -0.360 e. The molecule has 0 bridgehead atoms. The highest BCUT2D eigenvalue weighted by molar-refractivity contribution is 7.22. The lowest BCUT2D eigenvalue weighted by molar-refractivity contribution is 0.284. The van der Waals surface area contributed by atoms with Gasteiger partial charge in [-0.15, -0.1) is 0 Å². The zero-order chi connectivity index (χ0) is 13.1. The second-order valence-corrected chi connectivity index (χ2v) is 6.02. The number of nitrogens with zero attached hydrogens (tertiary/aromatic N) is 2. The van der Waals surface area contributed by atoms with Crippen molar-refractivity contribution in [3.05, 3.63) is 23.8 Å². The summed E-state index contributed by atoms with van der Waals surface area (Å²) in [4.78, 5) is 6.93. The van der Waals surface area contributed by atoms with Crippen LogP contribution in [0.2, 0.25) is 0 Å². The van der Waals surface area contributed by atoms with Crippen LogP contribution in [0.4, 0.5) is 5.13 Å². The number of aromatic nitrogens is 1. The molecule has 0 unspecified atom stereocenters. The summed E-state index contributed by atoms with van der Waals surface area (Å²) in [6, 6.07) is 7.01. The Morgan fingerprint density at radius 3 is 2.89 bits per heavy atom. The molecule has 98 valence electrons. The Morgan fingerprint density at radius 2 is 2.17 bits per heavy atom. The van der Waals surface area contributed by atoms with Crippen molar-refractivity contribution in [2.75, 3.05) is 25.5 Å². The predicted octanol–water partition coefficient (Wildman–Crippen LogP) is 3.36. The smallest absolute Gasteiger partial charge is 0.183 e. The Balaban J connectivity index is 1.96. The fraction of sp³-hybridized carbons (Fsp3) is 0.500. The molecule has 2 rings (SSSR count). The van der Waals surface area contributed by atoms with E-state index in [9.17, 15) is 0 Å². The van der Waals surface area contributed by atoms with Gasteiger partial charge in [0, 0.05) is 19.1 Å². The molecule has 0 amide bonds. The molecule has 1 aromatic heterocycles. The number of hydrogen-bond donors (Lipinski definition) is 1. The van der Waals surface area contributed by atoms with Gasteiger partial charge < -0.3 is 10.2 Å². The van der Waals surface area contributed by atoms with E-state index in [1.165, 1.54) is 10.3 Å². The molecule has 0 radical (unpaired) electrons. The molecule has 0 aliphatic heterocycles. The van der Waals surface area contributed by atoms with E-state index in [-0.39, 0.29) is 0 Å². The molecule has 1 N–H and O–H groups in total. The minimum atomic E-state index is 0.588. The molecule has 0 saturated carbocycles. The van der Waals surface area contributed by atoms with Crippen molar-refractivity contribution >= 4 is 26.7 Å². The minimum absolute atomic E-state index is 0.588. The lowest BCUT2D eigenvalue weighted by Gasteiger charge is -2.20. The maximum Gasteiger partial charge on any atom is 0.183 e. The summed E-state index contributed by atoms with van der Waals surface area (Å²) in [7, 11) is 2.15. The first kappa shape index (κ1) is 13.3. The predicted molar refractivity (Wildman–Crippen MR) is 80.6 cm³/mol. The Kier molecular flexibility index (Phi) is 4.19. The number of aryl methyl sites for hydroxylation is 1. The van der Waals surface area contributed by atoms with E-state index in [0.717, 1.165) is 23.7 Å². The maximum absolute atomic E-state index is 4.60. The Hall–Kier alpha value is -1.13. The molecule has 1 aromatic carbocycles. The highest BCUT2D eigenvalue weighted by Gasteiger charge is 2.05. The zero-order valence-corrected chi connectivity index (χ0v) is 12.3. The second kappa shape index (κ2) is 5.67. The molecular formula is C14H21N3S. The molecule has 0 fully saturated rings. The molecule has 1 heterocycles. The average Bonchev–Trinajstić information content (AvgIpc) is 2.70. The zero-order valence-electron chi connectivity index (χ0n) is 11.5. The Bertz CT molecular complexity index is 519. The number of fused-ring (bicyclic) bond motifs is 1. The van der Waals surface area contributed by atoms with Gasteiger partial charge in [-0.05, 0) is 45.5 Å². The standard InChI is InChI=1S/C14H21N3S/c1-10(2)17(4)8-7-15-14-16-12-9-11(3)5-6-13(12)18-14/h5-6,9-10H,7-8H2,1-4H3,(H,15,16). The molecule has 0 aliphatic rings. The van der Waals surface area contributed by atoms with E-state index in [0.29, 0.717) is 6.04 Å². The van der Waals surface area contributed by atoms with Crippen molar-refractivity contribution in [3.63, 3.8) is 0 Å². The number of benzene rings is 1. The van der Waals surface area contributed by atoms with Crippen LogP contribution in [0, 0.1) is 6.92 Å². The van der Waals surface area contributed by atoms with Gasteiger partial charge >= 0.3 is 0 Å². The van der Waals surface area contributed by atoms with E-state index < -0.39 is 0 Å². The van der Waals surface area contributed by atoms with Crippen LogP contribution in [0.1, 0.15) is 19.4 Å². The van der Waals surface area contributed by atoms with Gasteiger partial charge in [-0.3, -0.25) is 0 Å². The van der Waals surface area contributed by atoms with Crippen molar-refractivity contribution in [1.82, 2.24) is 9.88 Å². The van der Waals surface area contributed by atoms with Crippen LogP contribution in [0.25, 0.3) is 10.2 Å². The molecule has 0 saturated heterocycles. The van der Waals surface area contributed by atoms with Crippen LogP contribution < -0.4 is 5.32 Å². The van der Waals surface area contributed by atoms with Crippen molar-refractivity contribution in [3.8, 4) is 0 Å². The summed E-state index contributed by atoms with van der Waals surface area (Å²) in [5.74, 6) is 0. The SMILES string of the molecule is Cc1ccc2sc(NCCN(C)C(C)C)nc2c1. The number of thiazole rings is 1. The molecule has 2 aromatic rings. The first-order chi connectivity index (χ1) is 8.56. The summed E-state index contributed by atoms with van der Waals surface area (Å²) in [5, 5.41) is 4.43. The highest BCUT2D eigenvalue weighted by atomic mass is 32.1. The van der Waals surface area contributed by atoms with Crippen LogP contribution in [0.15, 0.2) is 18.2 Å². The van der Waals surface area contributed by atoms with Gasteiger partial charge in [0.25, 0.3) is 0 Å². The fourth-order valence-corrected chi connectivity index (χ4v) is 2.58. The van der Waals surface area contributed by atoms with Gasteiger partial charge in [0.2, 0.25) is 0 Å². The van der Waals surface area contributed by atoms with Gasteiger partial charge in [0.15, 0.2) is 5.13 Å². The molecule has 4 heteroatoms. The molecule has 0 spiro atoms. The summed E-state index contributed by atoms with van der Waals surface area (Å²) >= 11 is 1.73. The topological polar surface area (TPSA) is 28.2 Å². The van der Waals surface area contributed by atoms with Crippen LogP contribution in [-0.4, -0.2) is 36.1 Å². The Labute approximate surface area is 113 Å². The number of rotatable bonds is 5. The van der Waals surface area contributed by atoms with Crippen molar-refractivity contribution in [2.24, 2.45) is 0 Å². The van der Waals surface area contributed by atoms with Crippen LogP contribution in [0.5, 0.6) is 0 Å². The van der Waals surface area contributed by atoms with E-state index in [4.69, 9.17) is 0 Å². The largest absolute Gasteiger partial charge is 0.360 e. The summed E-state index contributed by atoms with van der Waals surface area (Å²) in [6.45, 7) is 8.49. The first-order valence-corrected chi connectivity index (χ1v) is 7.19. The van der Waals surface area contributed by atoms with E-state index in [1.54, 1.807) is 11.3 Å². The number of nitrogens with one attached hydrogen (secondary N) is 1. The maximum atomic E-state index is 4.60. The van der Waals surface area contributed by atoms with Crippen LogP contribution in [0.3, 0.4) is 0 Å². The third-order valence-corrected chi connectivity index (χ3v) is 4.16. The van der Waals surface area contributed by atoms with Crippen LogP contribution >= 0.6 is 11.3 Å². The third kappa shape index (κ3) is 3.21. The molecule has 18 heavy (non-hydrogen) atoms. The van der Waals surface area contributed by atoms with Crippen molar-refractivity contribution in [2.45, 2.75) is 26.8 Å². The number of hydrogen-bond acceptors (Lipinski definition) is 4. The highest BCUT2D eigenvalue weighted by Crippen LogP contribution is 2.26. The molecule has 0 aliphatic carbocycles. The summed E-state index contributed by atoms with van der Waals surface area (Å²) in [6.07, 6.45) is 0. The van der Waals surface area contributed by atoms with E-state index >= 15 is 0 Å². The van der Waals surface area contributed by atoms with Crippen molar-refractivity contribution < 1.29 is 0 Å². The Morgan fingerprint density at radius 1 is 1.39 bits per heavy atom. The first-order valence-electron chi connectivity index (χ1n) is 6.37.